The number of β-amino-alcohol motifs (C(OH)–C–C–N with tert-alkyl or cyclic N) is 1. The fraction of sp³-hybridized carbons (Fsp3) is 0.554. The first-order chi connectivity index (χ1) is 34.5. The van der Waals surface area contributed by atoms with E-state index in [0.717, 1.165) is 79.1 Å². The lowest BCUT2D eigenvalue weighted by Crippen LogP contribution is -2.74. The summed E-state index contributed by atoms with van der Waals surface area (Å²) in [6.07, 6.45) is 5.48. The molecule has 4 amide bonds. The number of pyridine rings is 1. The van der Waals surface area contributed by atoms with Gasteiger partial charge in [0, 0.05) is 73.0 Å². The number of aromatic nitrogens is 2. The van der Waals surface area contributed by atoms with Crippen molar-refractivity contribution in [1.82, 2.24) is 40.6 Å². The van der Waals surface area contributed by atoms with Crippen LogP contribution in [0.2, 0.25) is 5.02 Å². The second-order valence-corrected chi connectivity index (χ2v) is 24.3. The molecule has 5 heterocycles. The van der Waals surface area contributed by atoms with Gasteiger partial charge in [-0.05, 0) is 93.3 Å². The molecule has 2 bridgehead atoms. The molecule has 4 fully saturated rings. The number of halogens is 1. The van der Waals surface area contributed by atoms with Gasteiger partial charge in [0.25, 0.3) is 5.91 Å². The van der Waals surface area contributed by atoms with Crippen molar-refractivity contribution in [1.29, 1.82) is 5.26 Å². The highest BCUT2D eigenvalue weighted by atomic mass is 35.5. The summed E-state index contributed by atoms with van der Waals surface area (Å²) in [4.78, 5) is 71.9. The van der Waals surface area contributed by atoms with Crippen LogP contribution in [0.25, 0.3) is 10.4 Å². The molecule has 4 aromatic rings. The van der Waals surface area contributed by atoms with Gasteiger partial charge >= 0.3 is 0 Å². The average Bonchev–Trinajstić information content (AvgIpc) is 4.02. The van der Waals surface area contributed by atoms with Crippen LogP contribution < -0.4 is 20.7 Å². The molecular formula is C56H72ClN9O6S. The van der Waals surface area contributed by atoms with Crippen molar-refractivity contribution >= 4 is 46.6 Å². The monoisotopic (exact) mass is 1030 g/mol. The lowest BCUT2D eigenvalue weighted by atomic mass is 9.49. The molecule has 0 radical (unpaired) electrons. The Bertz CT molecular complexity index is 2670. The van der Waals surface area contributed by atoms with Gasteiger partial charge in [-0.15, -0.1) is 11.3 Å². The number of benzene rings is 2. The van der Waals surface area contributed by atoms with E-state index in [1.54, 1.807) is 35.7 Å². The molecule has 73 heavy (non-hydrogen) atoms. The third kappa shape index (κ3) is 11.8. The first-order valence-electron chi connectivity index (χ1n) is 25.7. The van der Waals surface area contributed by atoms with Crippen molar-refractivity contribution in [2.75, 3.05) is 32.7 Å². The number of nitrogens with one attached hydrogen (secondary N) is 3. The summed E-state index contributed by atoms with van der Waals surface area (Å²) in [6.45, 7) is 20.8. The molecule has 8 rings (SSSR count). The van der Waals surface area contributed by atoms with E-state index in [1.807, 2.05) is 76.5 Å². The number of amides is 4. The van der Waals surface area contributed by atoms with Crippen LogP contribution in [0, 0.1) is 34.5 Å². The predicted molar refractivity (Wildman–Crippen MR) is 283 cm³/mol. The minimum Gasteiger partial charge on any atom is -0.489 e. The highest BCUT2D eigenvalue weighted by molar-refractivity contribution is 7.13. The number of fused-ring (bicyclic) bond motifs is 2. The summed E-state index contributed by atoms with van der Waals surface area (Å²) in [6, 6.07) is 17.1. The molecule has 3 aliphatic heterocycles. The molecule has 2 aromatic carbocycles. The lowest BCUT2D eigenvalue weighted by Gasteiger charge is -2.63. The summed E-state index contributed by atoms with van der Waals surface area (Å²) in [5.41, 5.74) is 5.20. The SMILES string of the molecule is Cc1ncsc1-c1ccc([C@H](C)NC(=O)[C@@H]2C[C@@H](O)CN2C(=O)C(NC(=O)CN2C3CCC2CN(CCCCc2ccc(C(=O)NC4C(C)(C)C(Oc5ccc(C#N)c(Cl)c5)C4(C)C)cn2)C3)C(C)(C)C)cc1. The zero-order valence-electron chi connectivity index (χ0n) is 43.7. The van der Waals surface area contributed by atoms with Crippen LogP contribution in [0.1, 0.15) is 126 Å². The number of nitriles is 1. The van der Waals surface area contributed by atoms with Gasteiger partial charge < -0.3 is 35.6 Å². The van der Waals surface area contributed by atoms with Crippen LogP contribution >= 0.6 is 22.9 Å². The van der Waals surface area contributed by atoms with Crippen molar-refractivity contribution in [3.05, 3.63) is 99.4 Å². The van der Waals surface area contributed by atoms with Gasteiger partial charge in [-0.1, -0.05) is 84.3 Å². The number of piperazine rings is 1. The molecule has 4 N–H and O–H groups in total. The number of aryl methyl sites for hydroxylation is 2. The molecule has 390 valence electrons. The molecule has 3 saturated heterocycles. The van der Waals surface area contributed by atoms with E-state index in [1.165, 1.54) is 4.90 Å². The summed E-state index contributed by atoms with van der Waals surface area (Å²) < 4.78 is 6.38. The number of rotatable bonds is 17. The normalized spacial score (nSPS) is 24.2. The van der Waals surface area contributed by atoms with E-state index in [9.17, 15) is 29.5 Å². The second-order valence-electron chi connectivity index (χ2n) is 23.0. The number of aliphatic hydroxyl groups excluding tert-OH is 1. The number of unbranched alkanes of at least 4 members (excludes halogenated alkanes) is 1. The molecule has 1 aliphatic carbocycles. The van der Waals surface area contributed by atoms with Crippen LogP contribution in [0.5, 0.6) is 5.75 Å². The Morgan fingerprint density at radius 3 is 2.26 bits per heavy atom. The van der Waals surface area contributed by atoms with Crippen molar-refractivity contribution in [3.8, 4) is 22.3 Å². The minimum absolute atomic E-state index is 0.0154. The molecule has 2 aromatic heterocycles. The van der Waals surface area contributed by atoms with Gasteiger partial charge in [0.2, 0.25) is 17.7 Å². The van der Waals surface area contributed by atoms with Crippen LogP contribution in [0.4, 0.5) is 0 Å². The van der Waals surface area contributed by atoms with Crippen molar-refractivity contribution in [2.24, 2.45) is 16.2 Å². The van der Waals surface area contributed by atoms with Gasteiger partial charge in [-0.2, -0.15) is 5.26 Å². The van der Waals surface area contributed by atoms with E-state index >= 15 is 0 Å². The van der Waals surface area contributed by atoms with E-state index in [2.05, 4.69) is 69.5 Å². The van der Waals surface area contributed by atoms with E-state index in [0.29, 0.717) is 21.9 Å². The van der Waals surface area contributed by atoms with Crippen molar-refractivity contribution < 1.29 is 29.0 Å². The quantitative estimate of drug-likeness (QED) is 0.0766. The Labute approximate surface area is 439 Å². The number of aliphatic hydroxyl groups is 1. The molecule has 0 spiro atoms. The van der Waals surface area contributed by atoms with E-state index in [4.69, 9.17) is 16.3 Å². The number of hydrogen-bond acceptors (Lipinski definition) is 12. The Morgan fingerprint density at radius 1 is 0.959 bits per heavy atom. The molecular weight excluding hydrogens is 962 g/mol. The molecule has 3 unspecified atom stereocenters. The maximum atomic E-state index is 14.4. The number of ether oxygens (including phenoxy) is 1. The Balaban J connectivity index is 0.773. The van der Waals surface area contributed by atoms with Crippen molar-refractivity contribution in [3.63, 3.8) is 0 Å². The summed E-state index contributed by atoms with van der Waals surface area (Å²) in [7, 11) is 0. The Kier molecular flexibility index (Phi) is 16.1. The van der Waals surface area contributed by atoms with Gasteiger partial charge in [-0.25, -0.2) is 4.98 Å². The number of thiazole rings is 1. The number of hydrogen-bond donors (Lipinski definition) is 4. The van der Waals surface area contributed by atoms with Gasteiger partial charge in [0.1, 0.15) is 30.0 Å². The lowest BCUT2D eigenvalue weighted by molar-refractivity contribution is -0.164. The topological polar surface area (TPSA) is 193 Å². The van der Waals surface area contributed by atoms with Crippen molar-refractivity contribution in [2.45, 2.75) is 149 Å². The third-order valence-electron chi connectivity index (χ3n) is 15.8. The van der Waals surface area contributed by atoms with E-state index < -0.39 is 23.6 Å². The average molecular weight is 1030 g/mol. The number of likely N-dealkylation sites (tertiary alicyclic amines) is 2. The highest BCUT2D eigenvalue weighted by Gasteiger charge is 2.64. The predicted octanol–water partition coefficient (Wildman–Crippen LogP) is 7.49. The number of carbonyl (C=O) groups excluding carboxylic acids is 4. The standard InChI is InChI=1S/C56H72ClN9O6S/c1-33(35-13-15-36(16-14-35)47-34(2)60-32-73-47)61-50(70)45-24-42(67)30-66(45)51(71)48(54(3,4)5)62-46(68)31-65-40-20-21-41(65)29-64(28-40)23-11-10-12-39-19-17-38(27-59-39)49(69)63-52-55(6,7)53(56(52,8)9)72-43-22-18-37(26-58)44(57)25-43/h13-19,22,25,27,32-33,40-42,45,48,52-53,67H,10-12,20-21,23-24,28-31H2,1-9H3,(H,61,70)(H,62,68)(H,63,69)/t33-,40?,41?,42+,45-,48?,52?,53?/m0/s1. The first kappa shape index (κ1) is 53.8. The Hall–Kier alpha value is -5.44. The number of carbonyl (C=O) groups is 4. The van der Waals surface area contributed by atoms with Crippen LogP contribution in [-0.4, -0.2) is 129 Å². The van der Waals surface area contributed by atoms with Gasteiger partial charge in [-0.3, -0.25) is 29.1 Å². The third-order valence-corrected chi connectivity index (χ3v) is 17.1. The summed E-state index contributed by atoms with van der Waals surface area (Å²) in [5.74, 6) is -0.520. The first-order valence-corrected chi connectivity index (χ1v) is 27.0. The number of nitrogens with zero attached hydrogens (tertiary/aromatic N) is 6. The van der Waals surface area contributed by atoms with Crippen LogP contribution in [0.15, 0.2) is 66.3 Å². The minimum atomic E-state index is -0.896. The maximum absolute atomic E-state index is 14.4. The van der Waals surface area contributed by atoms with Crippen LogP contribution in [0.3, 0.4) is 0 Å². The van der Waals surface area contributed by atoms with Crippen LogP contribution in [-0.2, 0) is 20.8 Å². The zero-order valence-corrected chi connectivity index (χ0v) is 45.3. The fourth-order valence-electron chi connectivity index (χ4n) is 12.1. The fourth-order valence-corrected chi connectivity index (χ4v) is 13.1. The Morgan fingerprint density at radius 2 is 1.66 bits per heavy atom. The second kappa shape index (κ2) is 21.8. The maximum Gasteiger partial charge on any atom is 0.253 e. The zero-order chi connectivity index (χ0) is 52.6. The highest BCUT2D eigenvalue weighted by Crippen LogP contribution is 2.55. The summed E-state index contributed by atoms with van der Waals surface area (Å²) in [5, 5.41) is 29.8. The summed E-state index contributed by atoms with van der Waals surface area (Å²) >= 11 is 7.85. The molecule has 1 saturated carbocycles. The molecule has 15 nitrogen and oxygen atoms in total. The molecule has 6 atom stereocenters. The van der Waals surface area contributed by atoms with E-state index in [-0.39, 0.29) is 84.2 Å². The largest absolute Gasteiger partial charge is 0.489 e. The smallest absolute Gasteiger partial charge is 0.253 e. The van der Waals surface area contributed by atoms with Gasteiger partial charge in [0.05, 0.1) is 50.9 Å². The molecule has 4 aliphatic rings. The van der Waals surface area contributed by atoms with Gasteiger partial charge in [0.15, 0.2) is 0 Å². The molecule has 17 heteroatoms.